The van der Waals surface area contributed by atoms with Gasteiger partial charge >= 0.3 is 5.97 Å². The second-order valence-corrected chi connectivity index (χ2v) is 7.54. The van der Waals surface area contributed by atoms with Crippen molar-refractivity contribution in [2.45, 2.75) is 31.2 Å². The minimum absolute atomic E-state index is 0.108. The van der Waals surface area contributed by atoms with Gasteiger partial charge in [0.05, 0.1) is 31.0 Å². The molecule has 1 fully saturated rings. The van der Waals surface area contributed by atoms with E-state index in [4.69, 9.17) is 19.2 Å². The van der Waals surface area contributed by atoms with Crippen LogP contribution in [-0.4, -0.2) is 44.1 Å². The Morgan fingerprint density at radius 2 is 1.87 bits per heavy atom. The molecule has 7 nitrogen and oxygen atoms in total. The van der Waals surface area contributed by atoms with E-state index in [2.05, 4.69) is 5.32 Å². The number of hydrogen-bond donors (Lipinski definition) is 1. The number of nitrogens with zero attached hydrogens (tertiary/aromatic N) is 1. The van der Waals surface area contributed by atoms with Crippen molar-refractivity contribution in [1.82, 2.24) is 0 Å². The van der Waals surface area contributed by atoms with Gasteiger partial charge in [-0.25, -0.2) is 9.79 Å². The molecule has 1 saturated carbocycles. The minimum Gasteiger partial charge on any atom is -0.496 e. The van der Waals surface area contributed by atoms with E-state index in [0.717, 1.165) is 18.4 Å². The first-order chi connectivity index (χ1) is 14.5. The molecule has 0 atom stereocenters. The fourth-order valence-corrected chi connectivity index (χ4v) is 3.99. The van der Waals surface area contributed by atoms with Gasteiger partial charge in [-0.1, -0.05) is 25.0 Å². The fourth-order valence-electron chi connectivity index (χ4n) is 3.99. The van der Waals surface area contributed by atoms with Crippen molar-refractivity contribution in [3.8, 4) is 5.75 Å². The Labute approximate surface area is 175 Å². The number of hydrogen-bond acceptors (Lipinski definition) is 6. The molecule has 30 heavy (non-hydrogen) atoms. The number of ether oxygens (including phenoxy) is 3. The first-order valence-electron chi connectivity index (χ1n) is 9.95. The largest absolute Gasteiger partial charge is 0.496 e. The predicted octanol–water partition coefficient (Wildman–Crippen LogP) is 3.82. The molecule has 1 aliphatic carbocycles. The molecule has 1 amide bonds. The number of methoxy groups -OCH3 is 2. The molecule has 4 rings (SSSR count). The summed E-state index contributed by atoms with van der Waals surface area (Å²) in [6.45, 7) is 0.594. The SMILES string of the molecule is COC(=O)c1ccc(C(=O)Nc2ccccc2C2=NC3(CCCC3)CO2)cc1OC. The van der Waals surface area contributed by atoms with Gasteiger partial charge in [0.1, 0.15) is 17.9 Å². The molecule has 0 radical (unpaired) electrons. The summed E-state index contributed by atoms with van der Waals surface area (Å²) in [7, 11) is 2.73. The lowest BCUT2D eigenvalue weighted by Gasteiger charge is -2.14. The van der Waals surface area contributed by atoms with Crippen molar-refractivity contribution < 1.29 is 23.8 Å². The molecule has 0 unspecified atom stereocenters. The molecule has 2 aromatic carbocycles. The summed E-state index contributed by atoms with van der Waals surface area (Å²) >= 11 is 0. The van der Waals surface area contributed by atoms with Crippen molar-refractivity contribution in [3.63, 3.8) is 0 Å². The van der Waals surface area contributed by atoms with Gasteiger partial charge in [0.25, 0.3) is 5.91 Å². The highest BCUT2D eigenvalue weighted by molar-refractivity contribution is 6.10. The maximum atomic E-state index is 12.9. The van der Waals surface area contributed by atoms with Crippen LogP contribution < -0.4 is 10.1 Å². The van der Waals surface area contributed by atoms with Crippen molar-refractivity contribution in [3.05, 3.63) is 59.2 Å². The number of carbonyl (C=O) groups excluding carboxylic acids is 2. The summed E-state index contributed by atoms with van der Waals surface area (Å²) in [4.78, 5) is 29.6. The number of nitrogens with one attached hydrogen (secondary N) is 1. The van der Waals surface area contributed by atoms with Gasteiger partial charge in [-0.3, -0.25) is 4.79 Å². The number of rotatable bonds is 5. The van der Waals surface area contributed by atoms with E-state index in [9.17, 15) is 9.59 Å². The Hall–Kier alpha value is -3.35. The molecule has 0 saturated heterocycles. The quantitative estimate of drug-likeness (QED) is 0.760. The lowest BCUT2D eigenvalue weighted by molar-refractivity contribution is 0.0596. The zero-order chi connectivity index (χ0) is 21.1. The first kappa shape index (κ1) is 19.9. The standard InChI is InChI=1S/C23H24N2O5/c1-28-19-13-15(9-10-17(19)22(27)29-2)20(26)24-18-8-4-3-7-16(18)21-25-23(14-30-21)11-5-6-12-23/h3-4,7-10,13H,5-6,11-12,14H2,1-2H3,(H,24,26). The van der Waals surface area contributed by atoms with Gasteiger partial charge in [-0.05, 0) is 43.2 Å². The summed E-state index contributed by atoms with van der Waals surface area (Å²) in [5, 5.41) is 2.93. The van der Waals surface area contributed by atoms with E-state index in [-0.39, 0.29) is 22.8 Å². The summed E-state index contributed by atoms with van der Waals surface area (Å²) in [5.74, 6) is -0.00591. The molecule has 1 N–H and O–H groups in total. The first-order valence-corrected chi connectivity index (χ1v) is 9.95. The average Bonchev–Trinajstić information content (AvgIpc) is 3.42. The van der Waals surface area contributed by atoms with Crippen LogP contribution in [0.3, 0.4) is 0 Å². The van der Waals surface area contributed by atoms with E-state index < -0.39 is 5.97 Å². The Balaban J connectivity index is 1.58. The number of carbonyl (C=O) groups is 2. The molecule has 7 heteroatoms. The highest BCUT2D eigenvalue weighted by atomic mass is 16.5. The molecular weight excluding hydrogens is 384 g/mol. The van der Waals surface area contributed by atoms with Gasteiger partial charge in [0.15, 0.2) is 0 Å². The van der Waals surface area contributed by atoms with Crippen LogP contribution in [0.1, 0.15) is 52.0 Å². The zero-order valence-corrected chi connectivity index (χ0v) is 17.1. The molecular formula is C23H24N2O5. The molecule has 2 aliphatic rings. The number of anilines is 1. The summed E-state index contributed by atoms with van der Waals surface area (Å²) in [5.41, 5.74) is 1.88. The lowest BCUT2D eigenvalue weighted by Crippen LogP contribution is -2.22. The Kier molecular flexibility index (Phi) is 5.44. The van der Waals surface area contributed by atoms with Crippen LogP contribution in [0.4, 0.5) is 5.69 Å². The zero-order valence-electron chi connectivity index (χ0n) is 17.1. The van der Waals surface area contributed by atoms with Crippen molar-refractivity contribution in [2.24, 2.45) is 4.99 Å². The number of esters is 1. The smallest absolute Gasteiger partial charge is 0.341 e. The second kappa shape index (κ2) is 8.18. The maximum absolute atomic E-state index is 12.9. The molecule has 0 aromatic heterocycles. The molecule has 1 heterocycles. The predicted molar refractivity (Wildman–Crippen MR) is 112 cm³/mol. The van der Waals surface area contributed by atoms with Crippen molar-refractivity contribution in [1.29, 1.82) is 0 Å². The molecule has 156 valence electrons. The fraction of sp³-hybridized carbons (Fsp3) is 0.348. The van der Waals surface area contributed by atoms with Gasteiger partial charge in [-0.2, -0.15) is 0 Å². The third-order valence-corrected chi connectivity index (χ3v) is 5.63. The third kappa shape index (κ3) is 3.75. The Morgan fingerprint density at radius 3 is 2.60 bits per heavy atom. The number of benzene rings is 2. The van der Waals surface area contributed by atoms with Crippen molar-refractivity contribution in [2.75, 3.05) is 26.1 Å². The van der Waals surface area contributed by atoms with Gasteiger partial charge in [-0.15, -0.1) is 0 Å². The van der Waals surface area contributed by atoms with Crippen LogP contribution in [0, 0.1) is 0 Å². The summed E-state index contributed by atoms with van der Waals surface area (Å²) in [6, 6.07) is 12.0. The molecule has 1 spiro atoms. The normalized spacial score (nSPS) is 16.7. The van der Waals surface area contributed by atoms with E-state index >= 15 is 0 Å². The number of aliphatic imine (C=N–C) groups is 1. The van der Waals surface area contributed by atoms with E-state index in [1.54, 1.807) is 6.07 Å². The van der Waals surface area contributed by atoms with E-state index in [0.29, 0.717) is 23.8 Å². The Morgan fingerprint density at radius 1 is 1.10 bits per heavy atom. The van der Waals surface area contributed by atoms with Crippen LogP contribution in [0.15, 0.2) is 47.5 Å². The van der Waals surface area contributed by atoms with Gasteiger partial charge in [0, 0.05) is 5.56 Å². The van der Waals surface area contributed by atoms with Crippen LogP contribution in [0.25, 0.3) is 0 Å². The van der Waals surface area contributed by atoms with Gasteiger partial charge < -0.3 is 19.5 Å². The van der Waals surface area contributed by atoms with E-state index in [1.165, 1.54) is 39.2 Å². The average molecular weight is 408 g/mol. The van der Waals surface area contributed by atoms with Crippen LogP contribution in [-0.2, 0) is 9.47 Å². The highest BCUT2D eigenvalue weighted by Crippen LogP contribution is 2.38. The summed E-state index contributed by atoms with van der Waals surface area (Å²) < 4.78 is 15.9. The van der Waals surface area contributed by atoms with Crippen LogP contribution in [0.2, 0.25) is 0 Å². The number of amides is 1. The highest BCUT2D eigenvalue weighted by Gasteiger charge is 2.40. The number of para-hydroxylation sites is 1. The molecule has 0 bridgehead atoms. The maximum Gasteiger partial charge on any atom is 0.341 e. The van der Waals surface area contributed by atoms with Crippen molar-refractivity contribution >= 4 is 23.5 Å². The molecule has 1 aliphatic heterocycles. The van der Waals surface area contributed by atoms with Gasteiger partial charge in [0.2, 0.25) is 5.90 Å². The Bertz CT molecular complexity index is 1010. The molecule has 2 aromatic rings. The minimum atomic E-state index is -0.526. The second-order valence-electron chi connectivity index (χ2n) is 7.54. The summed E-state index contributed by atoms with van der Waals surface area (Å²) in [6.07, 6.45) is 4.42. The van der Waals surface area contributed by atoms with Crippen LogP contribution in [0.5, 0.6) is 5.75 Å². The van der Waals surface area contributed by atoms with E-state index in [1.807, 2.05) is 24.3 Å². The van der Waals surface area contributed by atoms with Crippen LogP contribution >= 0.6 is 0 Å². The lowest BCUT2D eigenvalue weighted by atomic mass is 10.0. The third-order valence-electron chi connectivity index (χ3n) is 5.63. The topological polar surface area (TPSA) is 86.2 Å². The monoisotopic (exact) mass is 408 g/mol.